The minimum atomic E-state index is -0.961. The lowest BCUT2D eigenvalue weighted by atomic mass is 10.00. The van der Waals surface area contributed by atoms with Crippen LogP contribution in [0.15, 0.2) is 48.7 Å². The standard InChI is InChI=1S/C24H26N8O2/c1-13(17-8-4-6-14-5-2-3-7-18(14)17)26-22-29-20-15(11-19-21(33)30-24(34)28-19)12-25-32(20)23(31-22)27-16-9-10-16/h2-8,12-13,16,19,21,33H,9-11H2,1H3,(H2,28,30,34)(H2,26,27,29,31). The largest absolute Gasteiger partial charge is 0.371 e. The van der Waals surface area contributed by atoms with Crippen LogP contribution in [0.25, 0.3) is 16.4 Å². The van der Waals surface area contributed by atoms with Gasteiger partial charge in [-0.2, -0.15) is 19.6 Å². The molecule has 1 aliphatic carbocycles. The smallest absolute Gasteiger partial charge is 0.317 e. The van der Waals surface area contributed by atoms with Gasteiger partial charge in [-0.15, -0.1) is 0 Å². The minimum absolute atomic E-state index is 0.0335. The molecule has 10 heteroatoms. The third-order valence-electron chi connectivity index (χ3n) is 6.40. The van der Waals surface area contributed by atoms with Crippen molar-refractivity contribution in [3.05, 3.63) is 59.8 Å². The normalized spacial score (nSPS) is 20.8. The second-order valence-corrected chi connectivity index (χ2v) is 9.00. The van der Waals surface area contributed by atoms with Gasteiger partial charge in [-0.1, -0.05) is 42.5 Å². The van der Waals surface area contributed by atoms with Crippen molar-refractivity contribution in [3.63, 3.8) is 0 Å². The van der Waals surface area contributed by atoms with Crippen LogP contribution in [0.1, 0.15) is 36.9 Å². The van der Waals surface area contributed by atoms with Gasteiger partial charge >= 0.3 is 6.03 Å². The minimum Gasteiger partial charge on any atom is -0.371 e. The Bertz CT molecular complexity index is 1380. The van der Waals surface area contributed by atoms with Crippen LogP contribution in [-0.4, -0.2) is 49.0 Å². The first-order valence-electron chi connectivity index (χ1n) is 11.6. The maximum atomic E-state index is 11.6. The van der Waals surface area contributed by atoms with Crippen LogP contribution in [0.3, 0.4) is 0 Å². The van der Waals surface area contributed by atoms with Gasteiger partial charge in [0.25, 0.3) is 0 Å². The Balaban J connectivity index is 1.35. The molecular formula is C24H26N8O2. The molecule has 2 aliphatic rings. The lowest BCUT2D eigenvalue weighted by molar-refractivity contribution is 0.139. The molecule has 5 N–H and O–H groups in total. The van der Waals surface area contributed by atoms with E-state index in [0.29, 0.717) is 30.0 Å². The molecule has 3 heterocycles. The van der Waals surface area contributed by atoms with Crippen LogP contribution in [0.2, 0.25) is 0 Å². The van der Waals surface area contributed by atoms with Crippen molar-refractivity contribution in [2.75, 3.05) is 10.6 Å². The molecule has 0 radical (unpaired) electrons. The number of nitrogens with one attached hydrogen (secondary N) is 4. The lowest BCUT2D eigenvalue weighted by Gasteiger charge is -2.18. The third kappa shape index (κ3) is 3.86. The van der Waals surface area contributed by atoms with E-state index in [0.717, 1.165) is 24.0 Å². The van der Waals surface area contributed by atoms with E-state index in [4.69, 9.17) is 9.97 Å². The van der Waals surface area contributed by atoms with Gasteiger partial charge in [0.05, 0.1) is 18.3 Å². The molecule has 34 heavy (non-hydrogen) atoms. The molecule has 0 bridgehead atoms. The summed E-state index contributed by atoms with van der Waals surface area (Å²) in [5, 5.41) is 29.1. The number of amides is 2. The van der Waals surface area contributed by atoms with E-state index in [1.165, 1.54) is 10.8 Å². The Hall–Kier alpha value is -3.92. The predicted molar refractivity (Wildman–Crippen MR) is 129 cm³/mol. The maximum absolute atomic E-state index is 11.6. The highest BCUT2D eigenvalue weighted by atomic mass is 16.3. The van der Waals surface area contributed by atoms with Crippen molar-refractivity contribution in [1.82, 2.24) is 30.2 Å². The Morgan fingerprint density at radius 2 is 1.97 bits per heavy atom. The summed E-state index contributed by atoms with van der Waals surface area (Å²) in [6.07, 6.45) is 3.35. The number of urea groups is 1. The zero-order valence-corrected chi connectivity index (χ0v) is 18.7. The Morgan fingerprint density at radius 3 is 2.76 bits per heavy atom. The summed E-state index contributed by atoms with van der Waals surface area (Å²) in [6, 6.07) is 14.1. The average Bonchev–Trinajstić information content (AvgIpc) is 3.47. The number of nitrogens with zero attached hydrogens (tertiary/aromatic N) is 4. The molecule has 6 rings (SSSR count). The van der Waals surface area contributed by atoms with E-state index in [2.05, 4.69) is 63.6 Å². The predicted octanol–water partition coefficient (Wildman–Crippen LogP) is 2.57. The van der Waals surface area contributed by atoms with Crippen LogP contribution >= 0.6 is 0 Å². The summed E-state index contributed by atoms with van der Waals surface area (Å²) in [5.41, 5.74) is 2.61. The van der Waals surface area contributed by atoms with E-state index in [1.807, 2.05) is 12.1 Å². The van der Waals surface area contributed by atoms with Crippen molar-refractivity contribution < 1.29 is 9.90 Å². The van der Waals surface area contributed by atoms with E-state index in [9.17, 15) is 9.90 Å². The van der Waals surface area contributed by atoms with Crippen molar-refractivity contribution in [1.29, 1.82) is 0 Å². The van der Waals surface area contributed by atoms with Gasteiger partial charge in [0.1, 0.15) is 6.23 Å². The number of aliphatic hydroxyl groups excluding tert-OH is 1. The summed E-state index contributed by atoms with van der Waals surface area (Å²) in [4.78, 5) is 21.1. The van der Waals surface area contributed by atoms with Crippen molar-refractivity contribution in [2.45, 2.75) is 50.5 Å². The van der Waals surface area contributed by atoms with Crippen LogP contribution < -0.4 is 21.3 Å². The summed E-state index contributed by atoms with van der Waals surface area (Å²) in [6.45, 7) is 2.09. The summed E-state index contributed by atoms with van der Waals surface area (Å²) in [5.74, 6) is 1.12. The second-order valence-electron chi connectivity index (χ2n) is 9.00. The van der Waals surface area contributed by atoms with Gasteiger partial charge in [0, 0.05) is 18.0 Å². The zero-order chi connectivity index (χ0) is 23.2. The van der Waals surface area contributed by atoms with E-state index in [-0.39, 0.29) is 12.1 Å². The van der Waals surface area contributed by atoms with Gasteiger partial charge in [0.15, 0.2) is 5.65 Å². The van der Waals surface area contributed by atoms with Gasteiger partial charge in [-0.05, 0) is 36.1 Å². The van der Waals surface area contributed by atoms with Crippen LogP contribution in [-0.2, 0) is 6.42 Å². The number of hydrogen-bond donors (Lipinski definition) is 5. The molecule has 2 fully saturated rings. The highest BCUT2D eigenvalue weighted by Crippen LogP contribution is 2.28. The van der Waals surface area contributed by atoms with E-state index < -0.39 is 12.3 Å². The topological polar surface area (TPSA) is 128 Å². The number of anilines is 2. The van der Waals surface area contributed by atoms with Gasteiger partial charge in [0.2, 0.25) is 11.9 Å². The van der Waals surface area contributed by atoms with Crippen LogP contribution in [0, 0.1) is 0 Å². The molecule has 0 spiro atoms. The van der Waals surface area contributed by atoms with Crippen LogP contribution in [0.5, 0.6) is 0 Å². The molecule has 2 aromatic heterocycles. The first kappa shape index (κ1) is 20.7. The van der Waals surface area contributed by atoms with Crippen molar-refractivity contribution in [2.24, 2.45) is 0 Å². The average molecular weight is 459 g/mol. The van der Waals surface area contributed by atoms with E-state index >= 15 is 0 Å². The fraction of sp³-hybridized carbons (Fsp3) is 0.333. The molecule has 10 nitrogen and oxygen atoms in total. The fourth-order valence-corrected chi connectivity index (χ4v) is 4.46. The van der Waals surface area contributed by atoms with Gasteiger partial charge < -0.3 is 26.4 Å². The number of aromatic nitrogens is 4. The fourth-order valence-electron chi connectivity index (χ4n) is 4.46. The van der Waals surface area contributed by atoms with Crippen molar-refractivity contribution >= 4 is 34.3 Å². The van der Waals surface area contributed by atoms with Gasteiger partial charge in [-0.3, -0.25) is 0 Å². The number of fused-ring (bicyclic) bond motifs is 2. The highest BCUT2D eigenvalue weighted by Gasteiger charge is 2.31. The lowest BCUT2D eigenvalue weighted by Crippen LogP contribution is -2.35. The number of carbonyl (C=O) groups excluding carboxylic acids is 1. The number of rotatable bonds is 7. The summed E-state index contributed by atoms with van der Waals surface area (Å²) in [7, 11) is 0. The molecule has 4 aromatic rings. The molecule has 2 aromatic carbocycles. The summed E-state index contributed by atoms with van der Waals surface area (Å²) < 4.78 is 1.69. The Morgan fingerprint density at radius 1 is 1.15 bits per heavy atom. The van der Waals surface area contributed by atoms with Crippen molar-refractivity contribution in [3.8, 4) is 0 Å². The number of hydrogen-bond acceptors (Lipinski definition) is 7. The molecule has 2 amide bonds. The number of aliphatic hydroxyl groups is 1. The van der Waals surface area contributed by atoms with Crippen LogP contribution in [0.4, 0.5) is 16.7 Å². The molecule has 3 unspecified atom stereocenters. The first-order chi connectivity index (χ1) is 16.5. The first-order valence-corrected chi connectivity index (χ1v) is 11.6. The van der Waals surface area contributed by atoms with E-state index in [1.54, 1.807) is 10.7 Å². The molecule has 1 saturated heterocycles. The molecular weight excluding hydrogens is 432 g/mol. The zero-order valence-electron chi connectivity index (χ0n) is 18.7. The monoisotopic (exact) mass is 458 g/mol. The SMILES string of the molecule is CC(Nc1nc(NC2CC2)n2ncc(CC3NC(=O)NC3O)c2n1)c1cccc2ccccc12. The molecule has 1 aliphatic heterocycles. The molecule has 1 saturated carbocycles. The van der Waals surface area contributed by atoms with Gasteiger partial charge in [-0.25, -0.2) is 4.79 Å². The second kappa shape index (κ2) is 8.14. The third-order valence-corrected chi connectivity index (χ3v) is 6.40. The Labute approximate surface area is 195 Å². The number of carbonyl (C=O) groups is 1. The number of benzene rings is 2. The maximum Gasteiger partial charge on any atom is 0.317 e. The molecule has 3 atom stereocenters. The highest BCUT2D eigenvalue weighted by molar-refractivity contribution is 5.86. The Kier molecular flexibility index (Phi) is 4.95. The molecule has 174 valence electrons. The quantitative estimate of drug-likeness (QED) is 0.288. The summed E-state index contributed by atoms with van der Waals surface area (Å²) >= 11 is 0.